The van der Waals surface area contributed by atoms with Crippen molar-refractivity contribution in [2.75, 3.05) is 32.8 Å². The zero-order chi connectivity index (χ0) is 18.6. The van der Waals surface area contributed by atoms with Gasteiger partial charge in [-0.1, -0.05) is 46.8 Å². The van der Waals surface area contributed by atoms with Crippen LogP contribution in [0.1, 0.15) is 50.5 Å². The maximum Gasteiger partial charge on any atom is 0.409 e. The van der Waals surface area contributed by atoms with Crippen molar-refractivity contribution in [2.24, 2.45) is 5.92 Å². The number of carbonyl (C=O) groups excluding carboxylic acids is 2. The van der Waals surface area contributed by atoms with Gasteiger partial charge in [0.2, 0.25) is 0 Å². The van der Waals surface area contributed by atoms with Crippen molar-refractivity contribution in [1.29, 1.82) is 0 Å². The van der Waals surface area contributed by atoms with Crippen molar-refractivity contribution >= 4 is 12.0 Å². The van der Waals surface area contributed by atoms with E-state index in [0.29, 0.717) is 44.3 Å². The molecule has 0 atom stereocenters. The third-order valence-electron chi connectivity index (χ3n) is 4.36. The van der Waals surface area contributed by atoms with E-state index in [1.54, 1.807) is 9.80 Å². The van der Waals surface area contributed by atoms with Crippen LogP contribution in [0.15, 0.2) is 24.3 Å². The molecular formula is C20H30N2O3. The molecule has 0 bridgehead atoms. The second-order valence-electron chi connectivity index (χ2n) is 8.08. The highest BCUT2D eigenvalue weighted by Crippen LogP contribution is 2.22. The molecule has 1 aromatic rings. The van der Waals surface area contributed by atoms with Gasteiger partial charge in [0.05, 0.1) is 6.61 Å². The van der Waals surface area contributed by atoms with Gasteiger partial charge in [0.15, 0.2) is 0 Å². The Hall–Kier alpha value is -2.04. The molecule has 1 aromatic carbocycles. The standard InChI is InChI=1S/C20H30N2O3/c1-15(2)14-25-19(24)22-12-10-21(11-13-22)18(23)16-6-8-17(9-7-16)20(3,4)5/h6-9,15H,10-14H2,1-5H3. The topological polar surface area (TPSA) is 49.9 Å². The first-order valence-electron chi connectivity index (χ1n) is 9.00. The molecule has 138 valence electrons. The van der Waals surface area contributed by atoms with Crippen LogP contribution < -0.4 is 0 Å². The third kappa shape index (κ3) is 5.21. The van der Waals surface area contributed by atoms with Crippen LogP contribution in [0.25, 0.3) is 0 Å². The van der Waals surface area contributed by atoms with E-state index in [-0.39, 0.29) is 17.4 Å². The summed E-state index contributed by atoms with van der Waals surface area (Å²) in [6.07, 6.45) is -0.282. The molecule has 1 saturated heterocycles. The summed E-state index contributed by atoms with van der Waals surface area (Å²) in [7, 11) is 0. The van der Waals surface area contributed by atoms with Gasteiger partial charge >= 0.3 is 6.09 Å². The normalized spacial score (nSPS) is 15.4. The van der Waals surface area contributed by atoms with E-state index >= 15 is 0 Å². The van der Waals surface area contributed by atoms with Crippen LogP contribution in [0.4, 0.5) is 4.79 Å². The van der Waals surface area contributed by atoms with Crippen LogP contribution in [0.5, 0.6) is 0 Å². The highest BCUT2D eigenvalue weighted by atomic mass is 16.6. The van der Waals surface area contributed by atoms with E-state index in [2.05, 4.69) is 20.8 Å². The average molecular weight is 346 g/mol. The first-order valence-corrected chi connectivity index (χ1v) is 9.00. The van der Waals surface area contributed by atoms with Gasteiger partial charge in [-0.3, -0.25) is 4.79 Å². The lowest BCUT2D eigenvalue weighted by molar-refractivity contribution is 0.0535. The third-order valence-corrected chi connectivity index (χ3v) is 4.36. The van der Waals surface area contributed by atoms with Crippen LogP contribution in [0, 0.1) is 5.92 Å². The van der Waals surface area contributed by atoms with Crippen molar-refractivity contribution in [2.45, 2.75) is 40.0 Å². The number of benzene rings is 1. The molecule has 1 aliphatic rings. The molecule has 5 nitrogen and oxygen atoms in total. The fraction of sp³-hybridized carbons (Fsp3) is 0.600. The van der Waals surface area contributed by atoms with Crippen molar-refractivity contribution in [3.05, 3.63) is 35.4 Å². The monoisotopic (exact) mass is 346 g/mol. The highest BCUT2D eigenvalue weighted by molar-refractivity contribution is 5.94. The summed E-state index contributed by atoms with van der Waals surface area (Å²) in [4.78, 5) is 28.1. The zero-order valence-electron chi connectivity index (χ0n) is 16.0. The Balaban J connectivity index is 1.90. The minimum atomic E-state index is -0.282. The quantitative estimate of drug-likeness (QED) is 0.841. The summed E-state index contributed by atoms with van der Waals surface area (Å²) in [5, 5.41) is 0. The lowest BCUT2D eigenvalue weighted by Crippen LogP contribution is -2.50. The number of hydrogen-bond donors (Lipinski definition) is 0. The van der Waals surface area contributed by atoms with Gasteiger partial charge in [0.1, 0.15) is 0 Å². The Kier molecular flexibility index (Phi) is 6.09. The summed E-state index contributed by atoms with van der Waals surface area (Å²) < 4.78 is 5.25. The fourth-order valence-electron chi connectivity index (χ4n) is 2.72. The number of ether oxygens (including phenoxy) is 1. The maximum atomic E-state index is 12.6. The molecule has 2 rings (SSSR count). The predicted octanol–water partition coefficient (Wildman–Crippen LogP) is 3.53. The van der Waals surface area contributed by atoms with Crippen LogP contribution in [0.2, 0.25) is 0 Å². The van der Waals surface area contributed by atoms with Crippen molar-refractivity contribution in [3.63, 3.8) is 0 Å². The summed E-state index contributed by atoms with van der Waals surface area (Å²) in [5.74, 6) is 0.346. The molecule has 1 fully saturated rings. The van der Waals surface area contributed by atoms with Gasteiger partial charge in [-0.05, 0) is 29.0 Å². The van der Waals surface area contributed by atoms with E-state index < -0.39 is 0 Å². The molecule has 2 amide bonds. The Morgan fingerprint density at radius 3 is 2.00 bits per heavy atom. The second-order valence-corrected chi connectivity index (χ2v) is 8.08. The molecule has 25 heavy (non-hydrogen) atoms. The summed E-state index contributed by atoms with van der Waals surface area (Å²) in [6.45, 7) is 13.0. The number of nitrogens with zero attached hydrogens (tertiary/aromatic N) is 2. The first kappa shape index (κ1) is 19.3. The molecule has 0 spiro atoms. The largest absolute Gasteiger partial charge is 0.449 e. The Morgan fingerprint density at radius 1 is 1.00 bits per heavy atom. The van der Waals surface area contributed by atoms with Crippen LogP contribution in [-0.4, -0.2) is 54.6 Å². The average Bonchev–Trinajstić information content (AvgIpc) is 2.58. The summed E-state index contributed by atoms with van der Waals surface area (Å²) in [5.41, 5.74) is 1.98. The number of carbonyl (C=O) groups is 2. The molecule has 0 N–H and O–H groups in total. The summed E-state index contributed by atoms with van der Waals surface area (Å²) >= 11 is 0. The van der Waals surface area contributed by atoms with Gasteiger partial charge in [0, 0.05) is 31.7 Å². The molecule has 0 unspecified atom stereocenters. The number of piperazine rings is 1. The molecular weight excluding hydrogens is 316 g/mol. The fourth-order valence-corrected chi connectivity index (χ4v) is 2.72. The predicted molar refractivity (Wildman–Crippen MR) is 98.8 cm³/mol. The highest BCUT2D eigenvalue weighted by Gasteiger charge is 2.26. The second kappa shape index (κ2) is 7.89. The molecule has 0 saturated carbocycles. The molecule has 0 aliphatic carbocycles. The van der Waals surface area contributed by atoms with E-state index in [9.17, 15) is 9.59 Å². The molecule has 1 aliphatic heterocycles. The molecule has 5 heteroatoms. The van der Waals surface area contributed by atoms with Gasteiger partial charge in [-0.2, -0.15) is 0 Å². The minimum absolute atomic E-state index is 0.0238. The Labute approximate surface area is 150 Å². The van der Waals surface area contributed by atoms with E-state index in [1.807, 2.05) is 38.1 Å². The number of rotatable bonds is 3. The van der Waals surface area contributed by atoms with Gasteiger partial charge in [0.25, 0.3) is 5.91 Å². The van der Waals surface area contributed by atoms with Gasteiger partial charge in [-0.25, -0.2) is 4.79 Å². The molecule has 0 aromatic heterocycles. The van der Waals surface area contributed by atoms with Crippen LogP contribution >= 0.6 is 0 Å². The van der Waals surface area contributed by atoms with Gasteiger partial charge in [-0.15, -0.1) is 0 Å². The first-order chi connectivity index (χ1) is 11.7. The zero-order valence-corrected chi connectivity index (χ0v) is 16.0. The molecule has 1 heterocycles. The maximum absolute atomic E-state index is 12.6. The van der Waals surface area contributed by atoms with E-state index in [0.717, 1.165) is 0 Å². The molecule has 0 radical (unpaired) electrons. The Morgan fingerprint density at radius 2 is 1.52 bits per heavy atom. The SMILES string of the molecule is CC(C)COC(=O)N1CCN(C(=O)c2ccc(C(C)(C)C)cc2)CC1. The van der Waals surface area contributed by atoms with E-state index in [4.69, 9.17) is 4.74 Å². The smallest absolute Gasteiger partial charge is 0.409 e. The Bertz CT molecular complexity index is 594. The van der Waals surface area contributed by atoms with Crippen molar-refractivity contribution < 1.29 is 14.3 Å². The van der Waals surface area contributed by atoms with Crippen molar-refractivity contribution in [1.82, 2.24) is 9.80 Å². The van der Waals surface area contributed by atoms with Crippen LogP contribution in [0.3, 0.4) is 0 Å². The summed E-state index contributed by atoms with van der Waals surface area (Å²) in [6, 6.07) is 7.83. The lowest BCUT2D eigenvalue weighted by Gasteiger charge is -2.34. The lowest BCUT2D eigenvalue weighted by atomic mass is 9.86. The van der Waals surface area contributed by atoms with Gasteiger partial charge < -0.3 is 14.5 Å². The van der Waals surface area contributed by atoms with Crippen molar-refractivity contribution in [3.8, 4) is 0 Å². The van der Waals surface area contributed by atoms with Crippen LogP contribution in [-0.2, 0) is 10.2 Å². The van der Waals surface area contributed by atoms with E-state index in [1.165, 1.54) is 5.56 Å². The number of amides is 2. The minimum Gasteiger partial charge on any atom is -0.449 e. The number of hydrogen-bond acceptors (Lipinski definition) is 3.